The lowest BCUT2D eigenvalue weighted by atomic mass is 9.81. The molecule has 2 aliphatic carbocycles. The minimum absolute atomic E-state index is 0.480. The molecule has 1 aromatic rings. The summed E-state index contributed by atoms with van der Waals surface area (Å²) in [5.74, 6) is -0.251. The molecule has 17 heavy (non-hydrogen) atoms. The summed E-state index contributed by atoms with van der Waals surface area (Å²) in [6, 6.07) is 0. The molecule has 92 valence electrons. The van der Waals surface area contributed by atoms with Gasteiger partial charge in [0, 0.05) is 11.4 Å². The molecule has 0 bridgehead atoms. The molecule has 0 unspecified atom stereocenters. The first kappa shape index (κ1) is 10.9. The Kier molecular flexibility index (Phi) is 2.69. The van der Waals surface area contributed by atoms with Crippen molar-refractivity contribution in [1.82, 2.24) is 4.98 Å². The highest BCUT2D eigenvalue weighted by atomic mass is 16.4. The molecule has 1 saturated carbocycles. The molecule has 0 spiro atoms. The summed E-state index contributed by atoms with van der Waals surface area (Å²) in [6.45, 7) is 0. The molecule has 0 atom stereocenters. The van der Waals surface area contributed by atoms with Crippen LogP contribution in [0, 0.1) is 0 Å². The van der Waals surface area contributed by atoms with E-state index < -0.39 is 5.97 Å². The zero-order valence-electron chi connectivity index (χ0n) is 10.1. The molecule has 2 N–H and O–H groups in total. The molecule has 1 fully saturated rings. The maximum Gasteiger partial charge on any atom is 0.337 e. The van der Waals surface area contributed by atoms with Crippen molar-refractivity contribution in [3.63, 3.8) is 0 Å². The monoisotopic (exact) mass is 233 g/mol. The first-order valence-corrected chi connectivity index (χ1v) is 6.74. The van der Waals surface area contributed by atoms with Gasteiger partial charge in [0.2, 0.25) is 0 Å². The van der Waals surface area contributed by atoms with Gasteiger partial charge >= 0.3 is 5.97 Å². The highest BCUT2D eigenvalue weighted by molar-refractivity contribution is 5.91. The molecule has 0 amide bonds. The quantitative estimate of drug-likeness (QED) is 0.770. The van der Waals surface area contributed by atoms with Crippen LogP contribution >= 0.6 is 0 Å². The third-order valence-corrected chi connectivity index (χ3v) is 4.30. The van der Waals surface area contributed by atoms with Crippen LogP contribution in [0.5, 0.6) is 0 Å². The number of aromatic carboxylic acids is 1. The fraction of sp³-hybridized carbons (Fsp3) is 0.643. The van der Waals surface area contributed by atoms with Crippen LogP contribution in [-0.4, -0.2) is 16.1 Å². The number of hydrogen-bond acceptors (Lipinski definition) is 1. The minimum Gasteiger partial charge on any atom is -0.478 e. The number of fused-ring (bicyclic) bond motifs is 1. The second kappa shape index (κ2) is 4.21. The predicted octanol–water partition coefficient (Wildman–Crippen LogP) is 3.25. The minimum atomic E-state index is -0.730. The first-order valence-electron chi connectivity index (χ1n) is 6.74. The van der Waals surface area contributed by atoms with Crippen molar-refractivity contribution in [3.8, 4) is 0 Å². The van der Waals surface area contributed by atoms with E-state index in [0.29, 0.717) is 11.5 Å². The lowest BCUT2D eigenvalue weighted by Gasteiger charge is -2.25. The van der Waals surface area contributed by atoms with E-state index in [2.05, 4.69) is 4.98 Å². The first-order chi connectivity index (χ1) is 8.27. The van der Waals surface area contributed by atoms with Crippen LogP contribution in [0.1, 0.15) is 71.8 Å². The van der Waals surface area contributed by atoms with Crippen LogP contribution in [0.25, 0.3) is 0 Å². The van der Waals surface area contributed by atoms with Gasteiger partial charge in [-0.25, -0.2) is 4.79 Å². The molecule has 3 rings (SSSR count). The molecular formula is C14H19NO2. The highest BCUT2D eigenvalue weighted by Gasteiger charge is 2.30. The zero-order valence-corrected chi connectivity index (χ0v) is 10.1. The van der Waals surface area contributed by atoms with E-state index in [0.717, 1.165) is 43.4 Å². The number of carboxylic acid groups (broad SMARTS) is 1. The van der Waals surface area contributed by atoms with Crippen LogP contribution in [-0.2, 0) is 12.8 Å². The summed E-state index contributed by atoms with van der Waals surface area (Å²) in [4.78, 5) is 14.9. The summed E-state index contributed by atoms with van der Waals surface area (Å²) in [7, 11) is 0. The molecule has 1 aromatic heterocycles. The van der Waals surface area contributed by atoms with Crippen LogP contribution in [0.15, 0.2) is 0 Å². The number of carbonyl (C=O) groups is 1. The Bertz CT molecular complexity index is 443. The van der Waals surface area contributed by atoms with Gasteiger partial charge < -0.3 is 10.1 Å². The number of aryl methyl sites for hydroxylation is 1. The summed E-state index contributed by atoms with van der Waals surface area (Å²) >= 11 is 0. The molecule has 0 radical (unpaired) electrons. The number of nitrogens with one attached hydrogen (secondary N) is 1. The van der Waals surface area contributed by atoms with Crippen LogP contribution < -0.4 is 0 Å². The van der Waals surface area contributed by atoms with E-state index in [1.807, 2.05) is 0 Å². The average molecular weight is 233 g/mol. The van der Waals surface area contributed by atoms with E-state index in [1.54, 1.807) is 0 Å². The molecule has 3 nitrogen and oxygen atoms in total. The Labute approximate surface area is 101 Å². The van der Waals surface area contributed by atoms with Gasteiger partial charge in [0.15, 0.2) is 0 Å². The Balaban J connectivity index is 2.06. The van der Waals surface area contributed by atoms with Gasteiger partial charge in [-0.2, -0.15) is 0 Å². The Morgan fingerprint density at radius 1 is 1.12 bits per heavy atom. The number of carboxylic acids is 1. The number of aromatic amines is 1. The van der Waals surface area contributed by atoms with Gasteiger partial charge in [0.1, 0.15) is 0 Å². The van der Waals surface area contributed by atoms with E-state index in [9.17, 15) is 9.90 Å². The van der Waals surface area contributed by atoms with Crippen molar-refractivity contribution >= 4 is 5.97 Å². The average Bonchev–Trinajstić information content (AvgIpc) is 2.40. The molecule has 3 heteroatoms. The number of hydrogen-bond donors (Lipinski definition) is 2. The summed E-state index contributed by atoms with van der Waals surface area (Å²) in [5.41, 5.74) is 3.96. The third-order valence-electron chi connectivity index (χ3n) is 4.30. The summed E-state index contributed by atoms with van der Waals surface area (Å²) < 4.78 is 0. The Morgan fingerprint density at radius 2 is 1.88 bits per heavy atom. The normalized spacial score (nSPS) is 20.5. The highest BCUT2D eigenvalue weighted by Crippen LogP contribution is 2.40. The number of aromatic nitrogens is 1. The molecule has 0 saturated heterocycles. The van der Waals surface area contributed by atoms with Crippen LogP contribution in [0.4, 0.5) is 0 Å². The van der Waals surface area contributed by atoms with E-state index >= 15 is 0 Å². The van der Waals surface area contributed by atoms with E-state index in [1.165, 1.54) is 25.0 Å². The number of rotatable bonds is 2. The molecular weight excluding hydrogens is 214 g/mol. The molecule has 2 aliphatic rings. The smallest absolute Gasteiger partial charge is 0.337 e. The van der Waals surface area contributed by atoms with Crippen molar-refractivity contribution in [1.29, 1.82) is 0 Å². The van der Waals surface area contributed by atoms with Crippen molar-refractivity contribution in [2.45, 2.75) is 57.3 Å². The standard InChI is InChI=1S/C14H19NO2/c16-14(17)12-10-7-2-1-3-8-11(10)15-13(12)9-5-4-6-9/h9,15H,1-8H2,(H,16,17). The second-order valence-corrected chi connectivity index (χ2v) is 5.36. The van der Waals surface area contributed by atoms with Crippen molar-refractivity contribution in [2.24, 2.45) is 0 Å². The van der Waals surface area contributed by atoms with Gasteiger partial charge in [-0.15, -0.1) is 0 Å². The number of H-pyrrole nitrogens is 1. The molecule has 0 aromatic carbocycles. The van der Waals surface area contributed by atoms with Gasteiger partial charge in [-0.3, -0.25) is 0 Å². The lowest BCUT2D eigenvalue weighted by Crippen LogP contribution is -2.14. The van der Waals surface area contributed by atoms with E-state index in [-0.39, 0.29) is 0 Å². The maximum atomic E-state index is 11.5. The fourth-order valence-electron chi connectivity index (χ4n) is 3.13. The fourth-order valence-corrected chi connectivity index (χ4v) is 3.13. The van der Waals surface area contributed by atoms with Crippen LogP contribution in [0.3, 0.4) is 0 Å². The molecule has 0 aliphatic heterocycles. The maximum absolute atomic E-state index is 11.5. The van der Waals surface area contributed by atoms with Gasteiger partial charge in [0.25, 0.3) is 0 Å². The third kappa shape index (κ3) is 1.78. The summed E-state index contributed by atoms with van der Waals surface area (Å²) in [5, 5.41) is 9.45. The zero-order chi connectivity index (χ0) is 11.8. The Morgan fingerprint density at radius 3 is 2.53 bits per heavy atom. The molecule has 1 heterocycles. The van der Waals surface area contributed by atoms with Crippen LogP contribution in [0.2, 0.25) is 0 Å². The summed E-state index contributed by atoms with van der Waals surface area (Å²) in [6.07, 6.45) is 9.07. The lowest BCUT2D eigenvalue weighted by molar-refractivity contribution is 0.0693. The topological polar surface area (TPSA) is 53.1 Å². The largest absolute Gasteiger partial charge is 0.478 e. The van der Waals surface area contributed by atoms with Gasteiger partial charge in [-0.05, 0) is 50.0 Å². The van der Waals surface area contributed by atoms with Crippen molar-refractivity contribution in [3.05, 3.63) is 22.5 Å². The van der Waals surface area contributed by atoms with Crippen molar-refractivity contribution in [2.75, 3.05) is 0 Å². The van der Waals surface area contributed by atoms with E-state index in [4.69, 9.17) is 0 Å². The predicted molar refractivity (Wildman–Crippen MR) is 65.6 cm³/mol. The second-order valence-electron chi connectivity index (χ2n) is 5.36. The van der Waals surface area contributed by atoms with Crippen molar-refractivity contribution < 1.29 is 9.90 Å². The Hall–Kier alpha value is -1.25. The SMILES string of the molecule is O=C(O)c1c(C2CCC2)[nH]c2c1CCCCC2. The van der Waals surface area contributed by atoms with Gasteiger partial charge in [0.05, 0.1) is 5.56 Å². The van der Waals surface area contributed by atoms with Gasteiger partial charge in [-0.1, -0.05) is 12.8 Å².